The molecule has 1 N–H and O–H groups in total. The van der Waals surface area contributed by atoms with Gasteiger partial charge in [-0.2, -0.15) is 0 Å². The van der Waals surface area contributed by atoms with Crippen molar-refractivity contribution in [3.8, 4) is 5.75 Å². The van der Waals surface area contributed by atoms with Crippen molar-refractivity contribution in [2.24, 2.45) is 0 Å². The molecule has 0 fully saturated rings. The quantitative estimate of drug-likeness (QED) is 0.768. The number of aromatic nitrogens is 1. The first-order valence-corrected chi connectivity index (χ1v) is 4.30. The highest BCUT2D eigenvalue weighted by Crippen LogP contribution is 2.29. The van der Waals surface area contributed by atoms with E-state index in [4.69, 9.17) is 21.4 Å². The van der Waals surface area contributed by atoms with Crippen LogP contribution >= 0.6 is 11.6 Å². The molecule has 0 bridgehead atoms. The van der Waals surface area contributed by atoms with Gasteiger partial charge in [-0.1, -0.05) is 11.6 Å². The van der Waals surface area contributed by atoms with Crippen LogP contribution in [0.1, 0.15) is 21.6 Å². The summed E-state index contributed by atoms with van der Waals surface area (Å²) in [5.74, 6) is -0.634. The monoisotopic (exact) mass is 215 g/mol. The highest BCUT2D eigenvalue weighted by Gasteiger charge is 2.17. The van der Waals surface area contributed by atoms with Crippen LogP contribution in [0.25, 0.3) is 0 Å². The summed E-state index contributed by atoms with van der Waals surface area (Å²) in [5, 5.41) is 8.98. The largest absolute Gasteiger partial charge is 0.496 e. The average Bonchev–Trinajstić information content (AvgIpc) is 2.12. The fourth-order valence-electron chi connectivity index (χ4n) is 1.26. The third-order valence-electron chi connectivity index (χ3n) is 1.96. The minimum Gasteiger partial charge on any atom is -0.496 e. The van der Waals surface area contributed by atoms with E-state index in [0.717, 1.165) is 0 Å². The molecule has 5 heteroatoms. The van der Waals surface area contributed by atoms with E-state index in [1.165, 1.54) is 7.11 Å². The van der Waals surface area contributed by atoms with Crippen LogP contribution in [0.4, 0.5) is 0 Å². The molecule has 14 heavy (non-hydrogen) atoms. The molecule has 0 saturated carbocycles. The fraction of sp³-hybridized carbons (Fsp3) is 0.333. The third-order valence-corrected chi connectivity index (χ3v) is 2.33. The van der Waals surface area contributed by atoms with Crippen molar-refractivity contribution in [3.05, 3.63) is 22.0 Å². The highest BCUT2D eigenvalue weighted by atomic mass is 35.5. The Kier molecular flexibility index (Phi) is 2.96. The van der Waals surface area contributed by atoms with Gasteiger partial charge in [0.25, 0.3) is 0 Å². The molecular formula is C9H10ClNO3. The normalized spacial score (nSPS) is 10.0. The van der Waals surface area contributed by atoms with Crippen LogP contribution in [0.3, 0.4) is 0 Å². The van der Waals surface area contributed by atoms with Crippen molar-refractivity contribution in [1.29, 1.82) is 0 Å². The van der Waals surface area contributed by atoms with Crippen LogP contribution < -0.4 is 4.74 Å². The van der Waals surface area contributed by atoms with E-state index < -0.39 is 5.97 Å². The Balaban J connectivity index is 3.50. The summed E-state index contributed by atoms with van der Waals surface area (Å²) in [6.07, 6.45) is 0. The first-order chi connectivity index (χ1) is 6.49. The van der Waals surface area contributed by atoms with E-state index in [0.29, 0.717) is 16.9 Å². The van der Waals surface area contributed by atoms with Gasteiger partial charge in [-0.15, -0.1) is 0 Å². The van der Waals surface area contributed by atoms with Gasteiger partial charge in [-0.25, -0.2) is 9.78 Å². The second-order valence-corrected chi connectivity index (χ2v) is 3.20. The van der Waals surface area contributed by atoms with Gasteiger partial charge in [0.2, 0.25) is 0 Å². The van der Waals surface area contributed by atoms with Gasteiger partial charge >= 0.3 is 5.97 Å². The van der Waals surface area contributed by atoms with Gasteiger partial charge in [0.15, 0.2) is 5.69 Å². The zero-order valence-electron chi connectivity index (χ0n) is 8.09. The molecule has 76 valence electrons. The fourth-order valence-corrected chi connectivity index (χ4v) is 1.43. The smallest absolute Gasteiger partial charge is 0.354 e. The Morgan fingerprint density at radius 3 is 2.43 bits per heavy atom. The number of hydrogen-bond donors (Lipinski definition) is 1. The number of hydrogen-bond acceptors (Lipinski definition) is 3. The van der Waals surface area contributed by atoms with E-state index in [1.54, 1.807) is 13.8 Å². The van der Waals surface area contributed by atoms with Gasteiger partial charge in [-0.3, -0.25) is 0 Å². The predicted octanol–water partition coefficient (Wildman–Crippen LogP) is 2.06. The molecule has 0 aliphatic heterocycles. The second kappa shape index (κ2) is 3.84. The first-order valence-electron chi connectivity index (χ1n) is 3.93. The van der Waals surface area contributed by atoms with Gasteiger partial charge in [0.1, 0.15) is 10.9 Å². The molecular weight excluding hydrogens is 206 g/mol. The molecule has 0 saturated heterocycles. The van der Waals surface area contributed by atoms with Gasteiger partial charge in [0.05, 0.1) is 7.11 Å². The number of ether oxygens (including phenoxy) is 1. The molecule has 0 atom stereocenters. The van der Waals surface area contributed by atoms with E-state index >= 15 is 0 Å². The van der Waals surface area contributed by atoms with Crippen LogP contribution in [0, 0.1) is 13.8 Å². The molecule has 4 nitrogen and oxygen atoms in total. The van der Waals surface area contributed by atoms with Gasteiger partial charge in [0, 0.05) is 11.1 Å². The Morgan fingerprint density at radius 2 is 2.00 bits per heavy atom. The maximum Gasteiger partial charge on any atom is 0.354 e. The summed E-state index contributed by atoms with van der Waals surface area (Å²) < 4.78 is 5.06. The Morgan fingerprint density at radius 1 is 1.43 bits per heavy atom. The molecule has 0 spiro atoms. The molecule has 0 aliphatic carbocycles. The number of methoxy groups -OCH3 is 1. The van der Waals surface area contributed by atoms with Crippen LogP contribution in [0.2, 0.25) is 5.15 Å². The Bertz CT molecular complexity index is 390. The zero-order chi connectivity index (χ0) is 10.9. The van der Waals surface area contributed by atoms with Crippen molar-refractivity contribution in [2.45, 2.75) is 13.8 Å². The summed E-state index contributed by atoms with van der Waals surface area (Å²) in [6, 6.07) is 0. The van der Waals surface area contributed by atoms with Crippen molar-refractivity contribution >= 4 is 17.6 Å². The lowest BCUT2D eigenvalue weighted by atomic mass is 10.1. The minimum absolute atomic E-state index is 0.0718. The summed E-state index contributed by atoms with van der Waals surface area (Å²) >= 11 is 5.76. The summed E-state index contributed by atoms with van der Waals surface area (Å²) in [4.78, 5) is 14.5. The predicted molar refractivity (Wildman–Crippen MR) is 52.2 cm³/mol. The van der Waals surface area contributed by atoms with E-state index in [9.17, 15) is 4.79 Å². The molecule has 1 aromatic heterocycles. The number of carboxylic acids is 1. The minimum atomic E-state index is -1.11. The van der Waals surface area contributed by atoms with Crippen molar-refractivity contribution in [1.82, 2.24) is 4.98 Å². The van der Waals surface area contributed by atoms with Crippen LogP contribution in [-0.2, 0) is 0 Å². The van der Waals surface area contributed by atoms with E-state index in [1.807, 2.05) is 0 Å². The summed E-state index contributed by atoms with van der Waals surface area (Å²) in [6.45, 7) is 3.37. The molecule has 0 amide bonds. The molecule has 1 heterocycles. The SMILES string of the molecule is COc1c(C)c(Cl)nc(C(=O)O)c1C. The lowest BCUT2D eigenvalue weighted by molar-refractivity contribution is 0.0689. The number of rotatable bonds is 2. The Labute approximate surface area is 86.5 Å². The number of aromatic carboxylic acids is 1. The van der Waals surface area contributed by atoms with E-state index in [-0.39, 0.29) is 10.8 Å². The van der Waals surface area contributed by atoms with Crippen molar-refractivity contribution in [2.75, 3.05) is 7.11 Å². The second-order valence-electron chi connectivity index (χ2n) is 2.84. The Hall–Kier alpha value is -1.29. The van der Waals surface area contributed by atoms with Gasteiger partial charge < -0.3 is 9.84 Å². The van der Waals surface area contributed by atoms with E-state index in [2.05, 4.69) is 4.98 Å². The number of carbonyl (C=O) groups is 1. The zero-order valence-corrected chi connectivity index (χ0v) is 8.84. The molecule has 0 aliphatic rings. The van der Waals surface area contributed by atoms with Crippen molar-refractivity contribution < 1.29 is 14.6 Å². The van der Waals surface area contributed by atoms with Gasteiger partial charge in [-0.05, 0) is 13.8 Å². The highest BCUT2D eigenvalue weighted by molar-refractivity contribution is 6.30. The number of halogens is 1. The average molecular weight is 216 g/mol. The third kappa shape index (κ3) is 1.65. The number of nitrogens with zero attached hydrogens (tertiary/aromatic N) is 1. The number of carboxylic acid groups (broad SMARTS) is 1. The maximum atomic E-state index is 10.8. The lowest BCUT2D eigenvalue weighted by Gasteiger charge is -2.11. The first kappa shape index (κ1) is 10.8. The molecule has 0 unspecified atom stereocenters. The van der Waals surface area contributed by atoms with Crippen LogP contribution in [0.15, 0.2) is 0 Å². The van der Waals surface area contributed by atoms with Crippen LogP contribution in [0.5, 0.6) is 5.75 Å². The molecule has 0 radical (unpaired) electrons. The maximum absolute atomic E-state index is 10.8. The molecule has 1 rings (SSSR count). The van der Waals surface area contributed by atoms with Crippen LogP contribution in [-0.4, -0.2) is 23.2 Å². The summed E-state index contributed by atoms with van der Waals surface area (Å²) in [5.41, 5.74) is 1.07. The lowest BCUT2D eigenvalue weighted by Crippen LogP contribution is -2.07. The number of pyridine rings is 1. The molecule has 1 aromatic rings. The molecule has 0 aromatic carbocycles. The summed E-state index contributed by atoms with van der Waals surface area (Å²) in [7, 11) is 1.47. The topological polar surface area (TPSA) is 59.4 Å². The standard InChI is InChI=1S/C9H10ClNO3/c1-4-6(9(12)13)11-8(10)5(2)7(4)14-3/h1-3H3,(H,12,13). The van der Waals surface area contributed by atoms with Crippen molar-refractivity contribution in [3.63, 3.8) is 0 Å².